The molecule has 0 radical (unpaired) electrons. The summed E-state index contributed by atoms with van der Waals surface area (Å²) in [5.41, 5.74) is -0.483. The molecule has 1 heterocycles. The van der Waals surface area contributed by atoms with Crippen molar-refractivity contribution >= 4 is 12.0 Å². The van der Waals surface area contributed by atoms with Crippen LogP contribution in [0.1, 0.15) is 33.6 Å². The third-order valence-electron chi connectivity index (χ3n) is 3.98. The Bertz CT molecular complexity index is 380. The minimum absolute atomic E-state index is 0.157. The van der Waals surface area contributed by atoms with Crippen LogP contribution in [-0.2, 0) is 4.79 Å². The SMILES string of the molecule is CC(C)(C)N(CC(=O)O)C(=O)N1CCN(C2CC2)CC1. The van der Waals surface area contributed by atoms with Crippen molar-refractivity contribution in [3.05, 3.63) is 0 Å². The normalized spacial score (nSPS) is 20.9. The first-order valence-corrected chi connectivity index (χ1v) is 7.31. The van der Waals surface area contributed by atoms with Crippen LogP contribution >= 0.6 is 0 Å². The first-order valence-electron chi connectivity index (χ1n) is 7.31. The predicted octanol–water partition coefficient (Wildman–Crippen LogP) is 1.07. The molecule has 0 aromatic carbocycles. The van der Waals surface area contributed by atoms with Gasteiger partial charge in [0, 0.05) is 37.8 Å². The van der Waals surface area contributed by atoms with Gasteiger partial charge in [0.1, 0.15) is 6.54 Å². The predicted molar refractivity (Wildman–Crippen MR) is 75.7 cm³/mol. The maximum Gasteiger partial charge on any atom is 0.323 e. The smallest absolute Gasteiger partial charge is 0.323 e. The molecule has 1 saturated carbocycles. The second kappa shape index (κ2) is 5.60. The molecule has 1 N–H and O–H groups in total. The fraction of sp³-hybridized carbons (Fsp3) is 0.857. The lowest BCUT2D eigenvalue weighted by Gasteiger charge is -2.41. The topological polar surface area (TPSA) is 64.1 Å². The maximum atomic E-state index is 12.5. The van der Waals surface area contributed by atoms with E-state index >= 15 is 0 Å². The average molecular weight is 283 g/mol. The lowest BCUT2D eigenvalue weighted by Crippen LogP contribution is -2.58. The molecular formula is C14H25N3O3. The van der Waals surface area contributed by atoms with Crippen LogP contribution in [0.4, 0.5) is 4.79 Å². The molecule has 2 rings (SSSR count). The lowest BCUT2D eigenvalue weighted by atomic mass is 10.1. The maximum absolute atomic E-state index is 12.5. The van der Waals surface area contributed by atoms with Crippen molar-refractivity contribution in [2.24, 2.45) is 0 Å². The molecule has 114 valence electrons. The molecule has 0 bridgehead atoms. The summed E-state index contributed by atoms with van der Waals surface area (Å²) in [6.07, 6.45) is 2.56. The molecule has 1 saturated heterocycles. The molecular weight excluding hydrogens is 258 g/mol. The number of aliphatic carboxylic acids is 1. The van der Waals surface area contributed by atoms with Crippen molar-refractivity contribution in [1.29, 1.82) is 0 Å². The number of hydrogen-bond acceptors (Lipinski definition) is 3. The third kappa shape index (κ3) is 3.62. The Morgan fingerprint density at radius 3 is 2.10 bits per heavy atom. The summed E-state index contributed by atoms with van der Waals surface area (Å²) in [4.78, 5) is 29.2. The van der Waals surface area contributed by atoms with Crippen molar-refractivity contribution in [3.63, 3.8) is 0 Å². The highest BCUT2D eigenvalue weighted by atomic mass is 16.4. The van der Waals surface area contributed by atoms with Gasteiger partial charge in [-0.1, -0.05) is 0 Å². The van der Waals surface area contributed by atoms with Crippen molar-refractivity contribution in [2.45, 2.75) is 45.2 Å². The Kier molecular flexibility index (Phi) is 4.22. The highest BCUT2D eigenvalue weighted by molar-refractivity contribution is 5.81. The molecule has 0 aromatic rings. The van der Waals surface area contributed by atoms with Crippen LogP contribution < -0.4 is 0 Å². The van der Waals surface area contributed by atoms with Crippen LogP contribution in [0.2, 0.25) is 0 Å². The van der Waals surface area contributed by atoms with E-state index in [0.29, 0.717) is 13.1 Å². The summed E-state index contributed by atoms with van der Waals surface area (Å²) in [5.74, 6) is -0.968. The molecule has 0 atom stereocenters. The van der Waals surface area contributed by atoms with E-state index in [0.717, 1.165) is 19.1 Å². The lowest BCUT2D eigenvalue weighted by molar-refractivity contribution is -0.138. The van der Waals surface area contributed by atoms with Crippen molar-refractivity contribution in [2.75, 3.05) is 32.7 Å². The molecule has 6 heteroatoms. The van der Waals surface area contributed by atoms with Gasteiger partial charge in [-0.15, -0.1) is 0 Å². The van der Waals surface area contributed by atoms with Gasteiger partial charge in [-0.2, -0.15) is 0 Å². The summed E-state index contributed by atoms with van der Waals surface area (Å²) >= 11 is 0. The first-order chi connectivity index (χ1) is 9.29. The highest BCUT2D eigenvalue weighted by Gasteiger charge is 2.36. The molecule has 1 aliphatic carbocycles. The number of carboxylic acid groups (broad SMARTS) is 1. The zero-order valence-electron chi connectivity index (χ0n) is 12.6. The van der Waals surface area contributed by atoms with E-state index in [1.807, 2.05) is 20.8 Å². The molecule has 2 aliphatic rings. The highest BCUT2D eigenvalue weighted by Crippen LogP contribution is 2.27. The second-order valence-electron chi connectivity index (χ2n) is 6.69. The van der Waals surface area contributed by atoms with Crippen LogP contribution in [0.5, 0.6) is 0 Å². The van der Waals surface area contributed by atoms with E-state index in [1.165, 1.54) is 17.7 Å². The number of carbonyl (C=O) groups excluding carboxylic acids is 1. The fourth-order valence-corrected chi connectivity index (χ4v) is 2.62. The molecule has 6 nitrogen and oxygen atoms in total. The Hall–Kier alpha value is -1.30. The standard InChI is InChI=1S/C14H25N3O3/c1-14(2,3)17(10-12(18)19)13(20)16-8-6-15(7-9-16)11-4-5-11/h11H,4-10H2,1-3H3,(H,18,19). The zero-order chi connectivity index (χ0) is 14.9. The minimum atomic E-state index is -0.968. The Morgan fingerprint density at radius 1 is 1.15 bits per heavy atom. The van der Waals surface area contributed by atoms with E-state index < -0.39 is 11.5 Å². The first kappa shape index (κ1) is 15.1. The quantitative estimate of drug-likeness (QED) is 0.841. The van der Waals surface area contributed by atoms with Gasteiger partial charge in [0.2, 0.25) is 0 Å². The molecule has 1 aliphatic heterocycles. The molecule has 20 heavy (non-hydrogen) atoms. The number of amides is 2. The van der Waals surface area contributed by atoms with Gasteiger partial charge in [-0.05, 0) is 33.6 Å². The largest absolute Gasteiger partial charge is 0.480 e. The average Bonchev–Trinajstić information content (AvgIpc) is 3.18. The van der Waals surface area contributed by atoms with Crippen molar-refractivity contribution in [1.82, 2.24) is 14.7 Å². The van der Waals surface area contributed by atoms with E-state index in [1.54, 1.807) is 4.90 Å². The number of carbonyl (C=O) groups is 2. The Labute approximate surface area is 120 Å². The molecule has 2 fully saturated rings. The molecule has 0 unspecified atom stereocenters. The number of piperazine rings is 1. The number of carboxylic acids is 1. The van der Waals surface area contributed by atoms with E-state index in [2.05, 4.69) is 4.90 Å². The van der Waals surface area contributed by atoms with E-state index in [4.69, 9.17) is 5.11 Å². The van der Waals surface area contributed by atoms with Crippen LogP contribution in [0.3, 0.4) is 0 Å². The Balaban J connectivity index is 1.95. The molecule has 2 amide bonds. The van der Waals surface area contributed by atoms with E-state index in [-0.39, 0.29) is 12.6 Å². The van der Waals surface area contributed by atoms with E-state index in [9.17, 15) is 9.59 Å². The van der Waals surface area contributed by atoms with Crippen molar-refractivity contribution < 1.29 is 14.7 Å². The molecule has 0 aromatic heterocycles. The molecule has 0 spiro atoms. The number of nitrogens with zero attached hydrogens (tertiary/aromatic N) is 3. The van der Waals surface area contributed by atoms with Gasteiger partial charge >= 0.3 is 12.0 Å². The van der Waals surface area contributed by atoms with Crippen LogP contribution in [0.25, 0.3) is 0 Å². The minimum Gasteiger partial charge on any atom is -0.480 e. The summed E-state index contributed by atoms with van der Waals surface area (Å²) < 4.78 is 0. The van der Waals surface area contributed by atoms with Crippen LogP contribution in [0.15, 0.2) is 0 Å². The third-order valence-corrected chi connectivity index (χ3v) is 3.98. The van der Waals surface area contributed by atoms with Gasteiger partial charge < -0.3 is 14.9 Å². The van der Waals surface area contributed by atoms with Crippen LogP contribution in [0, 0.1) is 0 Å². The van der Waals surface area contributed by atoms with Crippen molar-refractivity contribution in [3.8, 4) is 0 Å². The Morgan fingerprint density at radius 2 is 1.70 bits per heavy atom. The number of rotatable bonds is 3. The van der Waals surface area contributed by atoms with Gasteiger partial charge in [-0.3, -0.25) is 9.69 Å². The summed E-state index contributed by atoms with van der Waals surface area (Å²) in [5, 5.41) is 9.00. The van der Waals surface area contributed by atoms with Gasteiger partial charge in [-0.25, -0.2) is 4.79 Å². The summed E-state index contributed by atoms with van der Waals surface area (Å²) in [6, 6.07) is 0.570. The summed E-state index contributed by atoms with van der Waals surface area (Å²) in [7, 11) is 0. The number of urea groups is 1. The fourth-order valence-electron chi connectivity index (χ4n) is 2.62. The van der Waals surface area contributed by atoms with Gasteiger partial charge in [0.15, 0.2) is 0 Å². The number of hydrogen-bond donors (Lipinski definition) is 1. The van der Waals surface area contributed by atoms with Gasteiger partial charge in [0.05, 0.1) is 0 Å². The van der Waals surface area contributed by atoms with Gasteiger partial charge in [0.25, 0.3) is 0 Å². The second-order valence-corrected chi connectivity index (χ2v) is 6.69. The van der Waals surface area contributed by atoms with Crippen LogP contribution in [-0.4, -0.2) is 76.1 Å². The summed E-state index contributed by atoms with van der Waals surface area (Å²) in [6.45, 7) is 8.56. The monoisotopic (exact) mass is 283 g/mol. The zero-order valence-corrected chi connectivity index (χ0v) is 12.6.